The highest BCUT2D eigenvalue weighted by molar-refractivity contribution is 5.85. The molecule has 1 aromatic rings. The predicted molar refractivity (Wildman–Crippen MR) is 70.1 cm³/mol. The molecule has 0 unspecified atom stereocenters. The van der Waals surface area contributed by atoms with E-state index in [1.807, 2.05) is 7.05 Å². The van der Waals surface area contributed by atoms with Crippen molar-refractivity contribution in [3.63, 3.8) is 0 Å². The summed E-state index contributed by atoms with van der Waals surface area (Å²) in [6.07, 6.45) is 4.66. The van der Waals surface area contributed by atoms with Crippen LogP contribution in [-0.4, -0.2) is 29.6 Å². The Kier molecular flexibility index (Phi) is 5.62. The maximum Gasteiger partial charge on any atom is 0.226 e. The molecule has 0 bridgehead atoms. The van der Waals surface area contributed by atoms with Gasteiger partial charge in [-0.1, -0.05) is 11.6 Å². The van der Waals surface area contributed by atoms with Crippen molar-refractivity contribution in [1.82, 2.24) is 10.1 Å². The van der Waals surface area contributed by atoms with Gasteiger partial charge in [-0.3, -0.25) is 4.79 Å². The number of amides is 1. The molecule has 0 aliphatic heterocycles. The van der Waals surface area contributed by atoms with Crippen LogP contribution in [0.25, 0.3) is 0 Å². The Morgan fingerprint density at radius 3 is 3.00 bits per heavy atom. The second-order valence-corrected chi connectivity index (χ2v) is 4.72. The van der Waals surface area contributed by atoms with Gasteiger partial charge in [0.2, 0.25) is 5.91 Å². The number of nitrogens with two attached hydrogens (primary N) is 1. The standard InChI is InChI=1S/C12H19N3O2.ClH/c1-15(8-10-5-6-17-14-10)12(16)11-4-2-3-9(11)7-13;/h5-6,9,11H,2-4,7-8,13H2,1H3;1H/t9-,11-;/m1./s1. The van der Waals surface area contributed by atoms with E-state index in [-0.39, 0.29) is 24.2 Å². The van der Waals surface area contributed by atoms with E-state index in [1.165, 1.54) is 6.26 Å². The molecule has 0 aromatic carbocycles. The first kappa shape index (κ1) is 15.0. The molecular formula is C12H20ClN3O2. The van der Waals surface area contributed by atoms with E-state index in [1.54, 1.807) is 11.0 Å². The van der Waals surface area contributed by atoms with Crippen molar-refractivity contribution in [3.8, 4) is 0 Å². The molecule has 5 nitrogen and oxygen atoms in total. The zero-order valence-corrected chi connectivity index (χ0v) is 11.4. The molecule has 1 aromatic heterocycles. The number of aromatic nitrogens is 1. The lowest BCUT2D eigenvalue weighted by atomic mass is 9.95. The fourth-order valence-corrected chi connectivity index (χ4v) is 2.57. The molecule has 1 amide bonds. The topological polar surface area (TPSA) is 72.4 Å². The summed E-state index contributed by atoms with van der Waals surface area (Å²) in [7, 11) is 1.81. The van der Waals surface area contributed by atoms with Crippen LogP contribution in [-0.2, 0) is 11.3 Å². The van der Waals surface area contributed by atoms with Gasteiger partial charge in [0.1, 0.15) is 12.0 Å². The molecule has 18 heavy (non-hydrogen) atoms. The molecule has 2 rings (SSSR count). The first-order chi connectivity index (χ1) is 8.22. The number of carbonyl (C=O) groups is 1. The number of halogens is 1. The molecular weight excluding hydrogens is 254 g/mol. The second-order valence-electron chi connectivity index (χ2n) is 4.72. The fraction of sp³-hybridized carbons (Fsp3) is 0.667. The van der Waals surface area contributed by atoms with Crippen LogP contribution in [0.4, 0.5) is 0 Å². The lowest BCUT2D eigenvalue weighted by Crippen LogP contribution is -2.36. The van der Waals surface area contributed by atoms with Gasteiger partial charge in [-0.15, -0.1) is 12.4 Å². The average Bonchev–Trinajstić information content (AvgIpc) is 2.97. The van der Waals surface area contributed by atoms with Crippen molar-refractivity contribution in [3.05, 3.63) is 18.0 Å². The fourth-order valence-electron chi connectivity index (χ4n) is 2.57. The maximum atomic E-state index is 12.3. The maximum absolute atomic E-state index is 12.3. The van der Waals surface area contributed by atoms with E-state index >= 15 is 0 Å². The normalized spacial score (nSPS) is 22.6. The van der Waals surface area contributed by atoms with Crippen LogP contribution < -0.4 is 5.73 Å². The highest BCUT2D eigenvalue weighted by Crippen LogP contribution is 2.32. The van der Waals surface area contributed by atoms with Gasteiger partial charge in [0, 0.05) is 19.0 Å². The summed E-state index contributed by atoms with van der Waals surface area (Å²) in [5, 5.41) is 3.81. The monoisotopic (exact) mass is 273 g/mol. The summed E-state index contributed by atoms with van der Waals surface area (Å²) < 4.78 is 4.75. The zero-order chi connectivity index (χ0) is 12.3. The van der Waals surface area contributed by atoms with Gasteiger partial charge in [0.05, 0.1) is 6.54 Å². The second kappa shape index (κ2) is 6.75. The van der Waals surface area contributed by atoms with Crippen LogP contribution in [0.2, 0.25) is 0 Å². The van der Waals surface area contributed by atoms with E-state index in [0.717, 1.165) is 25.0 Å². The minimum absolute atomic E-state index is 0. The van der Waals surface area contributed by atoms with Gasteiger partial charge in [-0.05, 0) is 25.3 Å². The smallest absolute Gasteiger partial charge is 0.226 e. The summed E-state index contributed by atoms with van der Waals surface area (Å²) in [4.78, 5) is 14.0. The Labute approximate surface area is 113 Å². The summed E-state index contributed by atoms with van der Waals surface area (Å²) in [6.45, 7) is 1.11. The molecule has 2 atom stereocenters. The molecule has 1 heterocycles. The van der Waals surface area contributed by atoms with Crippen molar-refractivity contribution < 1.29 is 9.32 Å². The van der Waals surface area contributed by atoms with Crippen LogP contribution >= 0.6 is 12.4 Å². The van der Waals surface area contributed by atoms with E-state index in [9.17, 15) is 4.79 Å². The summed E-state index contributed by atoms with van der Waals surface area (Å²) in [6, 6.07) is 1.78. The zero-order valence-electron chi connectivity index (χ0n) is 10.5. The summed E-state index contributed by atoms with van der Waals surface area (Å²) >= 11 is 0. The molecule has 2 N–H and O–H groups in total. The Balaban J connectivity index is 0.00000162. The Morgan fingerprint density at radius 1 is 1.61 bits per heavy atom. The minimum atomic E-state index is 0. The molecule has 6 heteroatoms. The lowest BCUT2D eigenvalue weighted by molar-refractivity contribution is -0.135. The Morgan fingerprint density at radius 2 is 2.39 bits per heavy atom. The average molecular weight is 274 g/mol. The highest BCUT2D eigenvalue weighted by atomic mass is 35.5. The van der Waals surface area contributed by atoms with Crippen molar-refractivity contribution in [2.45, 2.75) is 25.8 Å². The first-order valence-corrected chi connectivity index (χ1v) is 6.06. The van der Waals surface area contributed by atoms with Crippen LogP contribution in [0, 0.1) is 11.8 Å². The van der Waals surface area contributed by atoms with Gasteiger partial charge < -0.3 is 15.2 Å². The van der Waals surface area contributed by atoms with Crippen molar-refractivity contribution >= 4 is 18.3 Å². The molecule has 102 valence electrons. The molecule has 1 saturated carbocycles. The third-order valence-electron chi connectivity index (χ3n) is 3.55. The molecule has 0 spiro atoms. The van der Waals surface area contributed by atoms with Gasteiger partial charge >= 0.3 is 0 Å². The molecule has 1 aliphatic carbocycles. The van der Waals surface area contributed by atoms with Gasteiger partial charge in [-0.25, -0.2) is 0 Å². The molecule has 0 saturated heterocycles. The van der Waals surface area contributed by atoms with Crippen LogP contribution in [0.5, 0.6) is 0 Å². The number of hydrogen-bond donors (Lipinski definition) is 1. The number of carbonyl (C=O) groups excluding carboxylic acids is 1. The molecule has 1 fully saturated rings. The van der Waals surface area contributed by atoms with Crippen molar-refractivity contribution in [1.29, 1.82) is 0 Å². The van der Waals surface area contributed by atoms with E-state index in [2.05, 4.69) is 5.16 Å². The number of rotatable bonds is 4. The summed E-state index contributed by atoms with van der Waals surface area (Å²) in [5.41, 5.74) is 6.48. The van der Waals surface area contributed by atoms with E-state index < -0.39 is 0 Å². The Hall–Kier alpha value is -1.07. The largest absolute Gasteiger partial charge is 0.364 e. The summed E-state index contributed by atoms with van der Waals surface area (Å²) in [5.74, 6) is 0.625. The molecule has 1 aliphatic rings. The van der Waals surface area contributed by atoms with E-state index in [4.69, 9.17) is 10.3 Å². The predicted octanol–water partition coefficient (Wildman–Crippen LogP) is 1.43. The van der Waals surface area contributed by atoms with Gasteiger partial charge in [0.15, 0.2) is 0 Å². The van der Waals surface area contributed by atoms with Crippen LogP contribution in [0.1, 0.15) is 25.0 Å². The number of nitrogens with zero attached hydrogens (tertiary/aromatic N) is 2. The third-order valence-corrected chi connectivity index (χ3v) is 3.55. The lowest BCUT2D eigenvalue weighted by Gasteiger charge is -2.23. The quantitative estimate of drug-likeness (QED) is 0.901. The van der Waals surface area contributed by atoms with Crippen LogP contribution in [0.15, 0.2) is 16.9 Å². The Bertz CT molecular complexity index is 369. The highest BCUT2D eigenvalue weighted by Gasteiger charge is 2.33. The van der Waals surface area contributed by atoms with Gasteiger partial charge in [-0.2, -0.15) is 0 Å². The van der Waals surface area contributed by atoms with Crippen molar-refractivity contribution in [2.24, 2.45) is 17.6 Å². The van der Waals surface area contributed by atoms with Crippen LogP contribution in [0.3, 0.4) is 0 Å². The minimum Gasteiger partial charge on any atom is -0.364 e. The third kappa shape index (κ3) is 3.23. The molecule has 0 radical (unpaired) electrons. The van der Waals surface area contributed by atoms with Gasteiger partial charge in [0.25, 0.3) is 0 Å². The van der Waals surface area contributed by atoms with E-state index in [0.29, 0.717) is 19.0 Å². The van der Waals surface area contributed by atoms with Crippen molar-refractivity contribution in [2.75, 3.05) is 13.6 Å². The first-order valence-electron chi connectivity index (χ1n) is 6.06. The number of hydrogen-bond acceptors (Lipinski definition) is 4. The SMILES string of the molecule is CN(Cc1ccon1)C(=O)[C@@H]1CCC[C@@H]1CN.Cl.